The molecule has 1 aromatic carbocycles. The van der Waals surface area contributed by atoms with Gasteiger partial charge in [-0.15, -0.1) is 0 Å². The van der Waals surface area contributed by atoms with Gasteiger partial charge in [0.2, 0.25) is 0 Å². The van der Waals surface area contributed by atoms with Gasteiger partial charge in [0.1, 0.15) is 0 Å². The summed E-state index contributed by atoms with van der Waals surface area (Å²) in [5.41, 5.74) is 2.16. The lowest BCUT2D eigenvalue weighted by molar-refractivity contribution is 0.354. The Bertz CT molecular complexity index is 554. The van der Waals surface area contributed by atoms with Crippen LogP contribution in [0.3, 0.4) is 0 Å². The van der Waals surface area contributed by atoms with Gasteiger partial charge >= 0.3 is 0 Å². The molecule has 5 heteroatoms. The third-order valence-electron chi connectivity index (χ3n) is 3.23. The first-order valence-electron chi connectivity index (χ1n) is 6.29. The van der Waals surface area contributed by atoms with Crippen LogP contribution >= 0.6 is 11.6 Å². The molecule has 0 aliphatic carbocycles. The number of rotatable bonds is 6. The summed E-state index contributed by atoms with van der Waals surface area (Å²) in [5.74, 6) is 1.18. The molecule has 2 aromatic rings. The third-order valence-corrected chi connectivity index (χ3v) is 3.51. The van der Waals surface area contributed by atoms with Gasteiger partial charge < -0.3 is 19.2 Å². The van der Waals surface area contributed by atoms with Gasteiger partial charge in [0, 0.05) is 6.04 Å². The van der Waals surface area contributed by atoms with Crippen molar-refractivity contribution >= 4 is 11.6 Å². The second-order valence-corrected chi connectivity index (χ2v) is 4.82. The third kappa shape index (κ3) is 3.08. The smallest absolute Gasteiger partial charge is 0.179 e. The van der Waals surface area contributed by atoms with Crippen LogP contribution in [0.15, 0.2) is 35.1 Å². The molecule has 0 radical (unpaired) electrons. The van der Waals surface area contributed by atoms with Gasteiger partial charge in [-0.1, -0.05) is 11.6 Å². The molecule has 0 saturated carbocycles. The molecular weight excluding hydrogens is 278 g/mol. The molecule has 0 amide bonds. The van der Waals surface area contributed by atoms with Gasteiger partial charge in [0.05, 0.1) is 31.8 Å². The predicted molar refractivity (Wildman–Crippen MR) is 78.8 cm³/mol. The Labute approximate surface area is 123 Å². The molecule has 0 spiro atoms. The zero-order valence-corrected chi connectivity index (χ0v) is 12.5. The molecule has 0 fully saturated rings. The van der Waals surface area contributed by atoms with Crippen LogP contribution in [0.25, 0.3) is 0 Å². The molecule has 2 rings (SSSR count). The number of hydrogen-bond acceptors (Lipinski definition) is 4. The molecule has 0 saturated heterocycles. The largest absolute Gasteiger partial charge is 0.493 e. The molecule has 1 aromatic heterocycles. The quantitative estimate of drug-likeness (QED) is 0.886. The van der Waals surface area contributed by atoms with Crippen LogP contribution in [-0.4, -0.2) is 21.3 Å². The number of ether oxygens (including phenoxy) is 2. The van der Waals surface area contributed by atoms with E-state index >= 15 is 0 Å². The number of methoxy groups -OCH3 is 2. The minimum absolute atomic E-state index is 0.116. The van der Waals surface area contributed by atoms with Crippen molar-refractivity contribution in [1.82, 2.24) is 5.32 Å². The first-order chi connectivity index (χ1) is 9.69. The lowest BCUT2D eigenvalue weighted by Crippen LogP contribution is -2.18. The van der Waals surface area contributed by atoms with Crippen LogP contribution < -0.4 is 14.8 Å². The van der Waals surface area contributed by atoms with Crippen LogP contribution in [0.1, 0.15) is 17.2 Å². The van der Waals surface area contributed by atoms with E-state index in [1.165, 1.54) is 0 Å². The molecule has 0 aliphatic heterocycles. The van der Waals surface area contributed by atoms with Crippen molar-refractivity contribution in [2.75, 3.05) is 21.3 Å². The van der Waals surface area contributed by atoms with E-state index in [4.69, 9.17) is 25.5 Å². The van der Waals surface area contributed by atoms with E-state index in [2.05, 4.69) is 5.32 Å². The molecule has 1 atom stereocenters. The summed E-state index contributed by atoms with van der Waals surface area (Å²) in [7, 11) is 5.09. The highest BCUT2D eigenvalue weighted by atomic mass is 35.5. The van der Waals surface area contributed by atoms with E-state index in [9.17, 15) is 0 Å². The topological polar surface area (TPSA) is 43.6 Å². The Morgan fingerprint density at radius 1 is 1.30 bits per heavy atom. The van der Waals surface area contributed by atoms with Crippen molar-refractivity contribution in [2.45, 2.75) is 12.5 Å². The summed E-state index contributed by atoms with van der Waals surface area (Å²) < 4.78 is 15.7. The fraction of sp³-hybridized carbons (Fsp3) is 0.333. The van der Waals surface area contributed by atoms with E-state index in [0.717, 1.165) is 17.5 Å². The molecule has 108 valence electrons. The van der Waals surface area contributed by atoms with E-state index in [0.29, 0.717) is 16.5 Å². The Balaban J connectivity index is 2.32. The van der Waals surface area contributed by atoms with Gasteiger partial charge in [-0.05, 0) is 42.8 Å². The van der Waals surface area contributed by atoms with E-state index < -0.39 is 0 Å². The van der Waals surface area contributed by atoms with Crippen LogP contribution in [0.4, 0.5) is 0 Å². The fourth-order valence-electron chi connectivity index (χ4n) is 2.17. The normalized spacial score (nSPS) is 12.2. The summed E-state index contributed by atoms with van der Waals surface area (Å²) >= 11 is 6.25. The van der Waals surface area contributed by atoms with E-state index in [-0.39, 0.29) is 6.04 Å². The predicted octanol–water partition coefficient (Wildman–Crippen LogP) is 3.45. The van der Waals surface area contributed by atoms with Crippen LogP contribution in [0.5, 0.6) is 11.5 Å². The molecule has 4 nitrogen and oxygen atoms in total. The highest BCUT2D eigenvalue weighted by Gasteiger charge is 2.17. The van der Waals surface area contributed by atoms with Crippen LogP contribution in [0.2, 0.25) is 5.02 Å². The molecule has 1 unspecified atom stereocenters. The first-order valence-corrected chi connectivity index (χ1v) is 6.67. The average Bonchev–Trinajstić information content (AvgIpc) is 2.96. The number of hydrogen-bond donors (Lipinski definition) is 1. The summed E-state index contributed by atoms with van der Waals surface area (Å²) in [6.07, 6.45) is 4.22. The number of benzene rings is 1. The number of halogens is 1. The maximum absolute atomic E-state index is 6.25. The molecule has 1 N–H and O–H groups in total. The van der Waals surface area contributed by atoms with Crippen molar-refractivity contribution in [3.63, 3.8) is 0 Å². The molecule has 20 heavy (non-hydrogen) atoms. The standard InChI is InChI=1S/C15H18ClNO3/c1-17-13(6-10-4-5-20-9-10)11-7-12(16)15(19-3)14(8-11)18-2/h4-5,7-9,13,17H,6H2,1-3H3. The van der Waals surface area contributed by atoms with Crippen LogP contribution in [0, 0.1) is 0 Å². The second kappa shape index (κ2) is 6.68. The van der Waals surface area contributed by atoms with Gasteiger partial charge in [-0.25, -0.2) is 0 Å². The second-order valence-electron chi connectivity index (χ2n) is 4.42. The SMILES string of the molecule is CNC(Cc1ccoc1)c1cc(Cl)c(OC)c(OC)c1. The lowest BCUT2D eigenvalue weighted by atomic mass is 10.00. The number of furan rings is 1. The zero-order chi connectivity index (χ0) is 14.5. The summed E-state index contributed by atoms with van der Waals surface area (Å²) in [5, 5.41) is 3.81. The minimum Gasteiger partial charge on any atom is -0.493 e. The number of likely N-dealkylation sites (N-methyl/N-ethyl adjacent to an activating group) is 1. The highest BCUT2D eigenvalue weighted by molar-refractivity contribution is 6.32. The monoisotopic (exact) mass is 295 g/mol. The summed E-state index contributed by atoms with van der Waals surface area (Å²) in [6.45, 7) is 0. The number of nitrogens with one attached hydrogen (secondary N) is 1. The average molecular weight is 296 g/mol. The fourth-order valence-corrected chi connectivity index (χ4v) is 2.47. The van der Waals surface area contributed by atoms with Crippen molar-refractivity contribution in [2.24, 2.45) is 0 Å². The Morgan fingerprint density at radius 3 is 2.65 bits per heavy atom. The van der Waals surface area contributed by atoms with Crippen molar-refractivity contribution in [1.29, 1.82) is 0 Å². The Hall–Kier alpha value is -1.65. The van der Waals surface area contributed by atoms with E-state index in [1.807, 2.05) is 25.2 Å². The zero-order valence-electron chi connectivity index (χ0n) is 11.8. The maximum atomic E-state index is 6.25. The summed E-state index contributed by atoms with van der Waals surface area (Å²) in [6, 6.07) is 5.90. The van der Waals surface area contributed by atoms with Crippen molar-refractivity contribution < 1.29 is 13.9 Å². The Kier molecular flexibility index (Phi) is 4.93. The summed E-state index contributed by atoms with van der Waals surface area (Å²) in [4.78, 5) is 0. The van der Waals surface area contributed by atoms with Crippen LogP contribution in [-0.2, 0) is 6.42 Å². The Morgan fingerprint density at radius 2 is 2.10 bits per heavy atom. The van der Waals surface area contributed by atoms with Crippen molar-refractivity contribution in [3.05, 3.63) is 46.9 Å². The molecule has 0 aliphatic rings. The minimum atomic E-state index is 0.116. The van der Waals surface area contributed by atoms with Crippen molar-refractivity contribution in [3.8, 4) is 11.5 Å². The lowest BCUT2D eigenvalue weighted by Gasteiger charge is -2.19. The maximum Gasteiger partial charge on any atom is 0.179 e. The highest BCUT2D eigenvalue weighted by Crippen LogP contribution is 2.38. The molecule has 0 bridgehead atoms. The van der Waals surface area contributed by atoms with Gasteiger partial charge in [0.25, 0.3) is 0 Å². The molecule has 1 heterocycles. The van der Waals surface area contributed by atoms with Gasteiger partial charge in [0.15, 0.2) is 11.5 Å². The van der Waals surface area contributed by atoms with Gasteiger partial charge in [-0.3, -0.25) is 0 Å². The van der Waals surface area contributed by atoms with Gasteiger partial charge in [-0.2, -0.15) is 0 Å². The molecular formula is C15H18ClNO3. The van der Waals surface area contributed by atoms with E-state index in [1.54, 1.807) is 26.7 Å². The first kappa shape index (κ1) is 14.8.